The minimum Gasteiger partial charge on any atom is -0.350 e. The van der Waals surface area contributed by atoms with Crippen LogP contribution in [0.5, 0.6) is 0 Å². The second kappa shape index (κ2) is 8.88. The number of hydrogen-bond acceptors (Lipinski definition) is 5. The molecule has 3 aromatic rings. The van der Waals surface area contributed by atoms with Crippen molar-refractivity contribution < 1.29 is 9.59 Å². The Bertz CT molecular complexity index is 969. The van der Waals surface area contributed by atoms with Gasteiger partial charge in [-0.3, -0.25) is 9.59 Å². The van der Waals surface area contributed by atoms with Crippen LogP contribution in [0.15, 0.2) is 53.2 Å². The first-order valence-electron chi connectivity index (χ1n) is 9.72. The van der Waals surface area contributed by atoms with Crippen LogP contribution in [-0.4, -0.2) is 22.3 Å². The van der Waals surface area contributed by atoms with Crippen molar-refractivity contribution >= 4 is 34.5 Å². The van der Waals surface area contributed by atoms with E-state index in [0.717, 1.165) is 29.1 Å². The number of nitrogens with zero attached hydrogens (tertiary/aromatic N) is 1. The first-order valence-corrected chi connectivity index (χ1v) is 11.5. The van der Waals surface area contributed by atoms with Crippen LogP contribution in [0, 0.1) is 0 Å². The summed E-state index contributed by atoms with van der Waals surface area (Å²) in [5.41, 5.74) is 1.71. The molecule has 4 rings (SSSR count). The topological polar surface area (TPSA) is 71.1 Å². The molecule has 3 heterocycles. The number of amides is 2. The van der Waals surface area contributed by atoms with E-state index < -0.39 is 0 Å². The number of rotatable bonds is 8. The molecule has 1 aliphatic heterocycles. The Morgan fingerprint density at radius 2 is 2.03 bits per heavy atom. The maximum absolute atomic E-state index is 12.4. The molecule has 7 heteroatoms. The molecule has 29 heavy (non-hydrogen) atoms. The van der Waals surface area contributed by atoms with Crippen LogP contribution in [0.2, 0.25) is 0 Å². The molecular weight excluding hydrogens is 402 g/mol. The third-order valence-corrected chi connectivity index (χ3v) is 6.94. The monoisotopic (exact) mass is 425 g/mol. The summed E-state index contributed by atoms with van der Waals surface area (Å²) >= 11 is 3.24. The molecule has 0 saturated carbocycles. The van der Waals surface area contributed by atoms with Gasteiger partial charge in [-0.15, -0.1) is 22.7 Å². The number of aromatic nitrogens is 1. The predicted molar refractivity (Wildman–Crippen MR) is 117 cm³/mol. The van der Waals surface area contributed by atoms with E-state index in [9.17, 15) is 9.59 Å². The summed E-state index contributed by atoms with van der Waals surface area (Å²) < 4.78 is 0. The number of hydrogen-bond donors (Lipinski definition) is 2. The normalized spacial score (nSPS) is 18.6. The lowest BCUT2D eigenvalue weighted by molar-refractivity contribution is -0.122. The van der Waals surface area contributed by atoms with E-state index in [-0.39, 0.29) is 17.4 Å². The molecule has 0 spiro atoms. The quantitative estimate of drug-likeness (QED) is 0.569. The Morgan fingerprint density at radius 1 is 1.17 bits per heavy atom. The molecule has 5 nitrogen and oxygen atoms in total. The molecule has 2 N–H and O–H groups in total. The summed E-state index contributed by atoms with van der Waals surface area (Å²) in [7, 11) is 0. The SMILES string of the molecule is O=C(CC[C@]1(Cc2cccs2)CCC(=O)N1)NCc1nc(-c2ccccc2)cs1. The third kappa shape index (κ3) is 5.10. The number of carbonyl (C=O) groups excluding carboxylic acids is 2. The molecule has 0 bridgehead atoms. The van der Waals surface area contributed by atoms with E-state index in [1.807, 2.05) is 47.2 Å². The molecule has 1 aromatic carbocycles. The number of thiophene rings is 1. The molecule has 2 amide bonds. The summed E-state index contributed by atoms with van der Waals surface area (Å²) in [6, 6.07) is 14.1. The molecule has 0 aliphatic carbocycles. The number of thiazole rings is 1. The lowest BCUT2D eigenvalue weighted by atomic mass is 9.87. The van der Waals surface area contributed by atoms with Gasteiger partial charge in [0, 0.05) is 40.6 Å². The maximum atomic E-state index is 12.4. The van der Waals surface area contributed by atoms with Crippen molar-refractivity contribution in [3.05, 3.63) is 63.1 Å². The average molecular weight is 426 g/mol. The van der Waals surface area contributed by atoms with E-state index in [1.165, 1.54) is 4.88 Å². The van der Waals surface area contributed by atoms with Crippen molar-refractivity contribution in [2.45, 2.75) is 44.2 Å². The highest BCUT2D eigenvalue weighted by molar-refractivity contribution is 7.10. The van der Waals surface area contributed by atoms with Gasteiger partial charge in [0.1, 0.15) is 5.01 Å². The second-order valence-electron chi connectivity index (χ2n) is 7.35. The van der Waals surface area contributed by atoms with Gasteiger partial charge in [0.25, 0.3) is 0 Å². The van der Waals surface area contributed by atoms with Crippen LogP contribution in [0.4, 0.5) is 0 Å². The first kappa shape index (κ1) is 19.8. The molecule has 1 aliphatic rings. The molecule has 1 atom stereocenters. The average Bonchev–Trinajstić information content (AvgIpc) is 3.48. The highest BCUT2D eigenvalue weighted by atomic mass is 32.1. The molecule has 1 fully saturated rings. The zero-order valence-electron chi connectivity index (χ0n) is 16.0. The van der Waals surface area contributed by atoms with E-state index in [1.54, 1.807) is 22.7 Å². The number of nitrogens with one attached hydrogen (secondary N) is 2. The van der Waals surface area contributed by atoms with Gasteiger partial charge in [-0.2, -0.15) is 0 Å². The summed E-state index contributed by atoms with van der Waals surface area (Å²) in [5, 5.41) is 11.1. The van der Waals surface area contributed by atoms with E-state index in [0.29, 0.717) is 25.8 Å². The summed E-state index contributed by atoms with van der Waals surface area (Å²) in [4.78, 5) is 30.1. The minimum absolute atomic E-state index is 0.00633. The van der Waals surface area contributed by atoms with Crippen LogP contribution < -0.4 is 10.6 Å². The van der Waals surface area contributed by atoms with Gasteiger partial charge in [0.2, 0.25) is 11.8 Å². The van der Waals surface area contributed by atoms with E-state index in [4.69, 9.17) is 0 Å². The molecule has 0 unspecified atom stereocenters. The fourth-order valence-electron chi connectivity index (χ4n) is 3.68. The Labute approximate surface area is 178 Å². The summed E-state index contributed by atoms with van der Waals surface area (Å²) in [5.74, 6) is 0.0753. The molecule has 0 radical (unpaired) electrons. The Morgan fingerprint density at radius 3 is 2.76 bits per heavy atom. The fourth-order valence-corrected chi connectivity index (χ4v) is 5.27. The molecular formula is C22H23N3O2S2. The van der Waals surface area contributed by atoms with E-state index >= 15 is 0 Å². The highest BCUT2D eigenvalue weighted by Crippen LogP contribution is 2.31. The van der Waals surface area contributed by atoms with Crippen molar-refractivity contribution in [1.29, 1.82) is 0 Å². The number of carbonyl (C=O) groups is 2. The number of benzene rings is 1. The van der Waals surface area contributed by atoms with Gasteiger partial charge in [-0.05, 0) is 24.3 Å². The lowest BCUT2D eigenvalue weighted by Crippen LogP contribution is -2.44. The Balaban J connectivity index is 1.30. The third-order valence-electron chi connectivity index (χ3n) is 5.22. The maximum Gasteiger partial charge on any atom is 0.220 e. The van der Waals surface area contributed by atoms with Crippen LogP contribution >= 0.6 is 22.7 Å². The van der Waals surface area contributed by atoms with Crippen molar-refractivity contribution in [3.8, 4) is 11.3 Å². The smallest absolute Gasteiger partial charge is 0.220 e. The van der Waals surface area contributed by atoms with Crippen molar-refractivity contribution in [2.24, 2.45) is 0 Å². The Kier molecular flexibility index (Phi) is 6.06. The standard InChI is InChI=1S/C22H23N3O2S2/c26-19(23-14-21-24-18(15-29-21)16-5-2-1-3-6-16)8-10-22(11-9-20(27)25-22)13-17-7-4-12-28-17/h1-7,12,15H,8-11,13-14H2,(H,23,26)(H,25,27)/t22-/m1/s1. The zero-order chi connectivity index (χ0) is 20.1. The molecule has 2 aromatic heterocycles. The summed E-state index contributed by atoms with van der Waals surface area (Å²) in [6.45, 7) is 0.431. The van der Waals surface area contributed by atoms with Crippen LogP contribution in [0.25, 0.3) is 11.3 Å². The van der Waals surface area contributed by atoms with Gasteiger partial charge in [-0.25, -0.2) is 4.98 Å². The predicted octanol–water partition coefficient (Wildman–Crippen LogP) is 4.16. The molecule has 150 valence electrons. The molecule has 1 saturated heterocycles. The van der Waals surface area contributed by atoms with Crippen LogP contribution in [-0.2, 0) is 22.6 Å². The highest BCUT2D eigenvalue weighted by Gasteiger charge is 2.38. The minimum atomic E-state index is -0.305. The Hall–Kier alpha value is -2.51. The first-order chi connectivity index (χ1) is 14.1. The van der Waals surface area contributed by atoms with Crippen molar-refractivity contribution in [3.63, 3.8) is 0 Å². The van der Waals surface area contributed by atoms with Gasteiger partial charge < -0.3 is 10.6 Å². The van der Waals surface area contributed by atoms with Gasteiger partial charge in [-0.1, -0.05) is 36.4 Å². The lowest BCUT2D eigenvalue weighted by Gasteiger charge is -2.28. The largest absolute Gasteiger partial charge is 0.350 e. The van der Waals surface area contributed by atoms with Crippen molar-refractivity contribution in [2.75, 3.05) is 0 Å². The van der Waals surface area contributed by atoms with Crippen LogP contribution in [0.1, 0.15) is 35.6 Å². The van der Waals surface area contributed by atoms with Gasteiger partial charge in [0.15, 0.2) is 0 Å². The summed E-state index contributed by atoms with van der Waals surface area (Å²) in [6.07, 6.45) is 3.15. The second-order valence-corrected chi connectivity index (χ2v) is 9.33. The van der Waals surface area contributed by atoms with E-state index in [2.05, 4.69) is 21.7 Å². The van der Waals surface area contributed by atoms with Gasteiger partial charge in [0.05, 0.1) is 12.2 Å². The zero-order valence-corrected chi connectivity index (χ0v) is 17.7. The van der Waals surface area contributed by atoms with Gasteiger partial charge >= 0.3 is 0 Å². The van der Waals surface area contributed by atoms with Crippen molar-refractivity contribution in [1.82, 2.24) is 15.6 Å². The fraction of sp³-hybridized carbons (Fsp3) is 0.318. The van der Waals surface area contributed by atoms with Crippen LogP contribution in [0.3, 0.4) is 0 Å².